The van der Waals surface area contributed by atoms with Gasteiger partial charge in [0.05, 0.1) is 0 Å². The summed E-state index contributed by atoms with van der Waals surface area (Å²) in [5, 5.41) is 0. The van der Waals surface area contributed by atoms with E-state index in [0.29, 0.717) is 0 Å². The normalized spacial score (nSPS) is 12.0. The molecule has 1 atom stereocenters. The van der Waals surface area contributed by atoms with E-state index in [1.54, 1.807) is 0 Å². The summed E-state index contributed by atoms with van der Waals surface area (Å²) in [4.78, 5) is 2.08. The van der Waals surface area contributed by atoms with Gasteiger partial charge in [-0.25, -0.2) is 0 Å². The lowest BCUT2D eigenvalue weighted by Crippen LogP contribution is -2.40. The Bertz CT molecular complexity index is 517. The maximum Gasteiger partial charge on any atom is 0.298 e. The number of ether oxygens (including phenoxy) is 1. The van der Waals surface area contributed by atoms with Crippen molar-refractivity contribution in [3.8, 4) is 5.75 Å². The third kappa shape index (κ3) is 3.47. The van der Waals surface area contributed by atoms with Crippen molar-refractivity contribution in [3.63, 3.8) is 0 Å². The van der Waals surface area contributed by atoms with Gasteiger partial charge in [0.15, 0.2) is 12.4 Å². The van der Waals surface area contributed by atoms with Gasteiger partial charge < -0.3 is 9.64 Å². The molecule has 0 saturated heterocycles. The first-order chi connectivity index (χ1) is 9.06. The Hall–Kier alpha value is -2.03. The van der Waals surface area contributed by atoms with Crippen molar-refractivity contribution in [2.24, 2.45) is 0 Å². The molecule has 0 fully saturated rings. The Morgan fingerprint density at radius 3 is 2.11 bits per heavy atom. The van der Waals surface area contributed by atoms with Crippen molar-refractivity contribution in [1.29, 1.82) is 0 Å². The van der Waals surface area contributed by atoms with Gasteiger partial charge in [-0.2, -0.15) is 4.57 Å². The molecule has 0 aliphatic heterocycles. The molecule has 1 aromatic heterocycles. The lowest BCUT2D eigenvalue weighted by molar-refractivity contribution is -0.749. The number of nitrogens with zero attached hydrogens (tertiary/aromatic N) is 2. The second kappa shape index (κ2) is 5.74. The molecule has 1 aromatic carbocycles. The zero-order valence-electron chi connectivity index (χ0n) is 12.0. The second-order valence-electron chi connectivity index (χ2n) is 4.93. The molecule has 0 N–H and O–H groups in total. The Labute approximate surface area is 115 Å². The molecule has 1 unspecified atom stereocenters. The minimum Gasteiger partial charge on any atom is -0.434 e. The first kappa shape index (κ1) is 13.4. The summed E-state index contributed by atoms with van der Waals surface area (Å²) in [5.74, 6) is 0.891. The molecule has 3 nitrogen and oxygen atoms in total. The average Bonchev–Trinajstić information content (AvgIpc) is 2.41. The summed E-state index contributed by atoms with van der Waals surface area (Å²) >= 11 is 0. The summed E-state index contributed by atoms with van der Waals surface area (Å²) in [6, 6.07) is 12.3. The van der Waals surface area contributed by atoms with Crippen molar-refractivity contribution in [3.05, 3.63) is 54.4 Å². The maximum absolute atomic E-state index is 5.91. The van der Waals surface area contributed by atoms with E-state index >= 15 is 0 Å². The zero-order valence-corrected chi connectivity index (χ0v) is 12.0. The van der Waals surface area contributed by atoms with Gasteiger partial charge in [0, 0.05) is 38.8 Å². The summed E-state index contributed by atoms with van der Waals surface area (Å²) in [7, 11) is 4.07. The Balaban J connectivity index is 2.07. The summed E-state index contributed by atoms with van der Waals surface area (Å²) < 4.78 is 7.95. The fourth-order valence-corrected chi connectivity index (χ4v) is 1.85. The molecule has 0 saturated carbocycles. The van der Waals surface area contributed by atoms with Crippen molar-refractivity contribution in [2.75, 3.05) is 19.0 Å². The van der Waals surface area contributed by atoms with E-state index in [9.17, 15) is 0 Å². The number of pyridine rings is 1. The second-order valence-corrected chi connectivity index (χ2v) is 4.93. The van der Waals surface area contributed by atoms with E-state index in [4.69, 9.17) is 4.74 Å². The van der Waals surface area contributed by atoms with E-state index in [1.165, 1.54) is 11.3 Å². The van der Waals surface area contributed by atoms with Gasteiger partial charge in [0.2, 0.25) is 0 Å². The fourth-order valence-electron chi connectivity index (χ4n) is 1.85. The van der Waals surface area contributed by atoms with E-state index in [0.717, 1.165) is 5.75 Å². The van der Waals surface area contributed by atoms with Gasteiger partial charge in [-0.3, -0.25) is 0 Å². The Morgan fingerprint density at radius 2 is 1.58 bits per heavy atom. The van der Waals surface area contributed by atoms with Gasteiger partial charge in [0.1, 0.15) is 5.75 Å². The molecule has 19 heavy (non-hydrogen) atoms. The Kier molecular flexibility index (Phi) is 4.05. The average molecular weight is 257 g/mol. The topological polar surface area (TPSA) is 16.4 Å². The highest BCUT2D eigenvalue weighted by Gasteiger charge is 2.13. The number of hydrogen-bond donors (Lipinski definition) is 0. The maximum atomic E-state index is 5.91. The third-order valence-electron chi connectivity index (χ3n) is 3.10. The molecule has 0 radical (unpaired) electrons. The summed E-state index contributed by atoms with van der Waals surface area (Å²) in [6.45, 7) is 4.11. The molecule has 0 spiro atoms. The van der Waals surface area contributed by atoms with Crippen molar-refractivity contribution >= 4 is 5.69 Å². The predicted octanol–water partition coefficient (Wildman–Crippen LogP) is 2.95. The largest absolute Gasteiger partial charge is 0.434 e. The van der Waals surface area contributed by atoms with Crippen molar-refractivity contribution < 1.29 is 9.30 Å². The molecule has 1 heterocycles. The van der Waals surface area contributed by atoms with Gasteiger partial charge in [-0.05, 0) is 19.1 Å². The Morgan fingerprint density at radius 1 is 1.00 bits per heavy atom. The molecule has 0 amide bonds. The minimum absolute atomic E-state index is 0.0288. The molecule has 3 heteroatoms. The van der Waals surface area contributed by atoms with Crippen LogP contribution in [0.15, 0.2) is 48.8 Å². The summed E-state index contributed by atoms with van der Waals surface area (Å²) in [5.41, 5.74) is 2.42. The van der Waals surface area contributed by atoms with Crippen LogP contribution in [0.2, 0.25) is 0 Å². The number of rotatable bonds is 4. The number of aromatic nitrogens is 1. The van der Waals surface area contributed by atoms with Crippen LogP contribution < -0.4 is 14.2 Å². The highest BCUT2D eigenvalue weighted by Crippen LogP contribution is 2.15. The van der Waals surface area contributed by atoms with Crippen LogP contribution in [0.5, 0.6) is 5.75 Å². The van der Waals surface area contributed by atoms with Crippen LogP contribution in [0, 0.1) is 6.92 Å². The number of benzene rings is 1. The number of anilines is 1. The number of hydrogen-bond acceptors (Lipinski definition) is 2. The van der Waals surface area contributed by atoms with Crippen LogP contribution in [0.25, 0.3) is 0 Å². The lowest BCUT2D eigenvalue weighted by atomic mass is 10.2. The highest BCUT2D eigenvalue weighted by atomic mass is 16.5. The van der Waals surface area contributed by atoms with Gasteiger partial charge >= 0.3 is 0 Å². The van der Waals surface area contributed by atoms with E-state index < -0.39 is 0 Å². The molecule has 0 aliphatic rings. The zero-order chi connectivity index (χ0) is 13.8. The minimum atomic E-state index is -0.0288. The first-order valence-electron chi connectivity index (χ1n) is 6.48. The monoisotopic (exact) mass is 257 g/mol. The molecule has 2 rings (SSSR count). The molecular formula is C16H21N2O+. The standard InChI is InChI=1S/C16H21N2O/c1-13-5-7-16(8-6-13)19-14(2)18-11-9-15(10-12-18)17(3)4/h5-12,14H,1-4H3/q+1. The van der Waals surface area contributed by atoms with E-state index in [1.807, 2.05) is 50.1 Å². The van der Waals surface area contributed by atoms with Crippen LogP contribution in [0.1, 0.15) is 18.7 Å². The van der Waals surface area contributed by atoms with E-state index in [2.05, 4.69) is 36.1 Å². The highest BCUT2D eigenvalue weighted by molar-refractivity contribution is 5.41. The van der Waals surface area contributed by atoms with Crippen LogP contribution in [0.4, 0.5) is 5.69 Å². The van der Waals surface area contributed by atoms with Crippen LogP contribution in [-0.2, 0) is 0 Å². The molecule has 0 bridgehead atoms. The predicted molar refractivity (Wildman–Crippen MR) is 77.5 cm³/mol. The van der Waals surface area contributed by atoms with E-state index in [-0.39, 0.29) is 6.23 Å². The van der Waals surface area contributed by atoms with Gasteiger partial charge in [-0.1, -0.05) is 17.7 Å². The first-order valence-corrected chi connectivity index (χ1v) is 6.48. The third-order valence-corrected chi connectivity index (χ3v) is 3.10. The van der Waals surface area contributed by atoms with Crippen LogP contribution in [0.3, 0.4) is 0 Å². The molecular weight excluding hydrogens is 236 g/mol. The van der Waals surface area contributed by atoms with Gasteiger partial charge in [-0.15, -0.1) is 0 Å². The summed E-state index contributed by atoms with van der Waals surface area (Å²) in [6.07, 6.45) is 4.04. The van der Waals surface area contributed by atoms with Crippen molar-refractivity contribution in [1.82, 2.24) is 0 Å². The lowest BCUT2D eigenvalue weighted by Gasteiger charge is -2.13. The molecule has 0 aliphatic carbocycles. The van der Waals surface area contributed by atoms with Crippen molar-refractivity contribution in [2.45, 2.75) is 20.1 Å². The molecule has 2 aromatic rings. The molecule has 100 valence electrons. The number of aryl methyl sites for hydroxylation is 1. The van der Waals surface area contributed by atoms with Crippen LogP contribution >= 0.6 is 0 Å². The fraction of sp³-hybridized carbons (Fsp3) is 0.312. The van der Waals surface area contributed by atoms with Gasteiger partial charge in [0.25, 0.3) is 6.23 Å². The SMILES string of the molecule is Cc1ccc(OC(C)[n+]2ccc(N(C)C)cc2)cc1. The smallest absolute Gasteiger partial charge is 0.298 e. The van der Waals surface area contributed by atoms with Crippen LogP contribution in [-0.4, -0.2) is 14.1 Å². The quantitative estimate of drug-likeness (QED) is 0.783.